The molecule has 0 bridgehead atoms. The number of halogens is 3. The van der Waals surface area contributed by atoms with Crippen LogP contribution in [0.3, 0.4) is 0 Å². The maximum atomic E-state index is 13.2. The molecule has 6 nitrogen and oxygen atoms in total. The van der Waals surface area contributed by atoms with Gasteiger partial charge in [0.25, 0.3) is 6.10 Å². The number of unbranched alkanes of at least 4 members (excludes halogenated alkanes) is 5. The number of benzene rings is 2. The van der Waals surface area contributed by atoms with Crippen LogP contribution in [0, 0.1) is 0 Å². The summed E-state index contributed by atoms with van der Waals surface area (Å²) in [5.41, 5.74) is 1.22. The Bertz CT molecular complexity index is 1000. The van der Waals surface area contributed by atoms with Crippen LogP contribution in [0.15, 0.2) is 48.5 Å². The van der Waals surface area contributed by atoms with Crippen molar-refractivity contribution in [1.82, 2.24) is 0 Å². The SMILES string of the molecule is CCCCCCCCc1ccc(C(=O)Oc2ccc(C(=O)OC(C(=O)OCCC)C(F)(F)F)cc2)cc1. The third kappa shape index (κ3) is 10.3. The largest absolute Gasteiger partial charge is 0.463 e. The van der Waals surface area contributed by atoms with Crippen molar-refractivity contribution in [2.75, 3.05) is 6.61 Å². The van der Waals surface area contributed by atoms with Gasteiger partial charge >= 0.3 is 24.1 Å². The Hall–Kier alpha value is -3.36. The number of hydrogen-bond donors (Lipinski definition) is 0. The van der Waals surface area contributed by atoms with Crippen molar-refractivity contribution in [3.63, 3.8) is 0 Å². The molecule has 0 aliphatic heterocycles. The van der Waals surface area contributed by atoms with Gasteiger partial charge in [0.1, 0.15) is 5.75 Å². The lowest BCUT2D eigenvalue weighted by Gasteiger charge is -2.19. The van der Waals surface area contributed by atoms with E-state index in [-0.39, 0.29) is 17.9 Å². The highest BCUT2D eigenvalue weighted by atomic mass is 19.4. The van der Waals surface area contributed by atoms with E-state index in [9.17, 15) is 27.6 Å². The van der Waals surface area contributed by atoms with Gasteiger partial charge in [-0.15, -0.1) is 0 Å². The molecule has 0 N–H and O–H groups in total. The summed E-state index contributed by atoms with van der Waals surface area (Å²) in [6.07, 6.45) is 0.310. The van der Waals surface area contributed by atoms with Gasteiger partial charge < -0.3 is 14.2 Å². The normalized spacial score (nSPS) is 12.0. The van der Waals surface area contributed by atoms with Crippen molar-refractivity contribution < 1.29 is 41.8 Å². The smallest absolute Gasteiger partial charge is 0.436 e. The Morgan fingerprint density at radius 2 is 1.32 bits per heavy atom. The zero-order valence-electron chi connectivity index (χ0n) is 21.1. The van der Waals surface area contributed by atoms with Crippen molar-refractivity contribution in [2.45, 2.75) is 77.5 Å². The van der Waals surface area contributed by atoms with E-state index >= 15 is 0 Å². The van der Waals surface area contributed by atoms with Crippen LogP contribution in [0.5, 0.6) is 5.75 Å². The average molecular weight is 523 g/mol. The molecule has 1 atom stereocenters. The molecule has 0 fully saturated rings. The molecule has 0 amide bonds. The van der Waals surface area contributed by atoms with Crippen molar-refractivity contribution >= 4 is 17.9 Å². The predicted molar refractivity (Wildman–Crippen MR) is 131 cm³/mol. The molecule has 0 spiro atoms. The first-order valence-corrected chi connectivity index (χ1v) is 12.5. The van der Waals surface area contributed by atoms with Crippen LogP contribution >= 0.6 is 0 Å². The second kappa shape index (κ2) is 15.0. The highest BCUT2D eigenvalue weighted by Crippen LogP contribution is 2.26. The zero-order valence-corrected chi connectivity index (χ0v) is 21.1. The summed E-state index contributed by atoms with van der Waals surface area (Å²) in [4.78, 5) is 36.3. The van der Waals surface area contributed by atoms with Gasteiger partial charge in [0.2, 0.25) is 0 Å². The van der Waals surface area contributed by atoms with E-state index in [1.807, 2.05) is 12.1 Å². The molecule has 0 aromatic heterocycles. The number of hydrogen-bond acceptors (Lipinski definition) is 6. The Balaban J connectivity index is 1.90. The predicted octanol–water partition coefficient (Wildman–Crippen LogP) is 6.85. The number of alkyl halides is 3. The van der Waals surface area contributed by atoms with Crippen LogP contribution in [0.2, 0.25) is 0 Å². The minimum Gasteiger partial charge on any atom is -0.463 e. The number of esters is 3. The average Bonchev–Trinajstić information content (AvgIpc) is 2.87. The molecule has 0 saturated carbocycles. The number of rotatable bonds is 14. The third-order valence-corrected chi connectivity index (χ3v) is 5.49. The van der Waals surface area contributed by atoms with Gasteiger partial charge in [-0.1, -0.05) is 58.1 Å². The van der Waals surface area contributed by atoms with Gasteiger partial charge in [0, 0.05) is 0 Å². The van der Waals surface area contributed by atoms with E-state index in [2.05, 4.69) is 16.4 Å². The van der Waals surface area contributed by atoms with E-state index in [4.69, 9.17) is 4.74 Å². The molecule has 37 heavy (non-hydrogen) atoms. The summed E-state index contributed by atoms with van der Waals surface area (Å²) in [6.45, 7) is 3.57. The van der Waals surface area contributed by atoms with E-state index < -0.39 is 30.2 Å². The third-order valence-electron chi connectivity index (χ3n) is 5.49. The zero-order chi connectivity index (χ0) is 27.3. The Kier molecular flexibility index (Phi) is 12.1. The molecule has 2 aromatic rings. The Morgan fingerprint density at radius 3 is 1.92 bits per heavy atom. The second-order valence-electron chi connectivity index (χ2n) is 8.62. The quantitative estimate of drug-likeness (QED) is 0.153. The molecule has 0 radical (unpaired) electrons. The lowest BCUT2D eigenvalue weighted by molar-refractivity contribution is -0.218. The highest BCUT2D eigenvalue weighted by molar-refractivity contribution is 5.93. The maximum Gasteiger partial charge on any atom is 0.436 e. The minimum atomic E-state index is -5.12. The summed E-state index contributed by atoms with van der Waals surface area (Å²) >= 11 is 0. The van der Waals surface area contributed by atoms with Crippen molar-refractivity contribution in [1.29, 1.82) is 0 Å². The van der Waals surface area contributed by atoms with Crippen molar-refractivity contribution in [2.24, 2.45) is 0 Å². The van der Waals surface area contributed by atoms with Crippen LogP contribution in [-0.2, 0) is 20.7 Å². The van der Waals surface area contributed by atoms with E-state index in [0.29, 0.717) is 12.0 Å². The lowest BCUT2D eigenvalue weighted by Crippen LogP contribution is -2.42. The van der Waals surface area contributed by atoms with E-state index in [1.165, 1.54) is 44.2 Å². The summed E-state index contributed by atoms with van der Waals surface area (Å²) in [7, 11) is 0. The van der Waals surface area contributed by atoms with Crippen LogP contribution in [0.25, 0.3) is 0 Å². The molecule has 0 aliphatic rings. The lowest BCUT2D eigenvalue weighted by atomic mass is 10.0. The molecule has 9 heteroatoms. The Morgan fingerprint density at radius 1 is 0.757 bits per heavy atom. The van der Waals surface area contributed by atoms with Crippen molar-refractivity contribution in [3.8, 4) is 5.75 Å². The molecule has 1 unspecified atom stereocenters. The van der Waals surface area contributed by atoms with E-state index in [1.54, 1.807) is 19.1 Å². The first-order chi connectivity index (χ1) is 17.7. The first-order valence-electron chi connectivity index (χ1n) is 12.5. The molecule has 2 aromatic carbocycles. The van der Waals surface area contributed by atoms with Crippen LogP contribution in [-0.4, -0.2) is 36.8 Å². The van der Waals surface area contributed by atoms with Gasteiger partial charge in [0.05, 0.1) is 17.7 Å². The first kappa shape index (κ1) is 29.9. The standard InChI is InChI=1S/C28H33F3O6/c1-3-5-6-7-8-9-10-20-11-13-21(14-12-20)25(32)36-23-17-15-22(16-18-23)26(33)37-24(28(29,30)31)27(34)35-19-4-2/h11-18,24H,3-10,19H2,1-2H3. The number of aryl methyl sites for hydroxylation is 1. The molecule has 2 rings (SSSR count). The summed E-state index contributed by atoms with van der Waals surface area (Å²) in [5.74, 6) is -3.58. The van der Waals surface area contributed by atoms with E-state index in [0.717, 1.165) is 30.5 Å². The van der Waals surface area contributed by atoms with Crippen LogP contribution < -0.4 is 4.74 Å². The molecular weight excluding hydrogens is 489 g/mol. The van der Waals surface area contributed by atoms with Gasteiger partial charge in [-0.3, -0.25) is 0 Å². The molecular formula is C28H33F3O6. The summed E-state index contributed by atoms with van der Waals surface area (Å²) < 4.78 is 53.6. The molecule has 0 saturated heterocycles. The van der Waals surface area contributed by atoms with Gasteiger partial charge in [-0.05, 0) is 61.2 Å². The Labute approximate surface area is 215 Å². The molecule has 202 valence electrons. The maximum absolute atomic E-state index is 13.2. The monoisotopic (exact) mass is 522 g/mol. The summed E-state index contributed by atoms with van der Waals surface area (Å²) in [6, 6.07) is 11.9. The molecule has 0 aliphatic carbocycles. The topological polar surface area (TPSA) is 78.9 Å². The van der Waals surface area contributed by atoms with Crippen molar-refractivity contribution in [3.05, 3.63) is 65.2 Å². The fraction of sp³-hybridized carbons (Fsp3) is 0.464. The minimum absolute atomic E-state index is 0.0902. The van der Waals surface area contributed by atoms with Crippen LogP contribution in [0.4, 0.5) is 13.2 Å². The fourth-order valence-corrected chi connectivity index (χ4v) is 3.44. The van der Waals surface area contributed by atoms with Gasteiger partial charge in [-0.25, -0.2) is 14.4 Å². The number of carbonyl (C=O) groups excluding carboxylic acids is 3. The van der Waals surface area contributed by atoms with Crippen LogP contribution in [0.1, 0.15) is 85.1 Å². The van der Waals surface area contributed by atoms with Gasteiger partial charge in [-0.2, -0.15) is 13.2 Å². The highest BCUT2D eigenvalue weighted by Gasteiger charge is 2.49. The number of ether oxygens (including phenoxy) is 3. The fourth-order valence-electron chi connectivity index (χ4n) is 3.44. The number of carbonyl (C=O) groups is 3. The molecule has 0 heterocycles. The van der Waals surface area contributed by atoms with Gasteiger partial charge in [0.15, 0.2) is 0 Å². The summed E-state index contributed by atoms with van der Waals surface area (Å²) in [5, 5.41) is 0. The second-order valence-corrected chi connectivity index (χ2v) is 8.62.